The summed E-state index contributed by atoms with van der Waals surface area (Å²) in [5, 5.41) is 3.53. The molecule has 0 bridgehead atoms. The Kier molecular flexibility index (Phi) is 2.16. The lowest BCUT2D eigenvalue weighted by Gasteiger charge is -2.43. The van der Waals surface area contributed by atoms with E-state index in [1.807, 2.05) is 0 Å². The van der Waals surface area contributed by atoms with Gasteiger partial charge in [0.25, 0.3) is 0 Å². The van der Waals surface area contributed by atoms with Crippen molar-refractivity contribution in [2.45, 2.75) is 39.5 Å². The van der Waals surface area contributed by atoms with Crippen LogP contribution in [0, 0.1) is 17.3 Å². The van der Waals surface area contributed by atoms with Crippen molar-refractivity contribution < 1.29 is 0 Å². The first-order valence-corrected chi connectivity index (χ1v) is 5.45. The summed E-state index contributed by atoms with van der Waals surface area (Å²) in [4.78, 5) is 0. The minimum absolute atomic E-state index is 0.692. The maximum absolute atomic E-state index is 3.53. The summed E-state index contributed by atoms with van der Waals surface area (Å²) in [7, 11) is 0. The number of hydrogen-bond acceptors (Lipinski definition) is 1. The van der Waals surface area contributed by atoms with Crippen LogP contribution in [0.3, 0.4) is 0 Å². The maximum Gasteiger partial charge on any atom is 0.00109 e. The molecule has 1 aliphatic carbocycles. The molecule has 1 aliphatic heterocycles. The summed E-state index contributed by atoms with van der Waals surface area (Å²) in [5.74, 6) is 1.90. The molecule has 0 aromatic rings. The lowest BCUT2D eigenvalue weighted by molar-refractivity contribution is 0.0815. The highest BCUT2D eigenvalue weighted by molar-refractivity contribution is 4.95. The molecule has 0 amide bonds. The normalized spacial score (nSPS) is 48.5. The molecule has 0 aromatic carbocycles. The third-order valence-corrected chi connectivity index (χ3v) is 4.43. The molecule has 2 aliphatic rings. The van der Waals surface area contributed by atoms with Crippen molar-refractivity contribution in [3.05, 3.63) is 0 Å². The van der Waals surface area contributed by atoms with E-state index in [9.17, 15) is 0 Å². The fraction of sp³-hybridized carbons (Fsp3) is 1.00. The van der Waals surface area contributed by atoms with Crippen LogP contribution in [0.1, 0.15) is 39.5 Å². The van der Waals surface area contributed by atoms with Crippen LogP contribution in [-0.4, -0.2) is 13.1 Å². The molecule has 1 saturated heterocycles. The molecule has 3 atom stereocenters. The zero-order chi connectivity index (χ0) is 8.60. The largest absolute Gasteiger partial charge is 0.316 e. The van der Waals surface area contributed by atoms with Gasteiger partial charge in [0.05, 0.1) is 0 Å². The van der Waals surface area contributed by atoms with E-state index >= 15 is 0 Å². The zero-order valence-corrected chi connectivity index (χ0v) is 8.40. The van der Waals surface area contributed by atoms with Gasteiger partial charge >= 0.3 is 0 Å². The van der Waals surface area contributed by atoms with Gasteiger partial charge in [0.1, 0.15) is 0 Å². The Labute approximate surface area is 75.9 Å². The van der Waals surface area contributed by atoms with Gasteiger partial charge < -0.3 is 5.32 Å². The molecule has 2 fully saturated rings. The molecule has 0 aromatic heterocycles. The number of hydrogen-bond donors (Lipinski definition) is 1. The molecule has 1 heteroatoms. The Morgan fingerprint density at radius 1 is 1.25 bits per heavy atom. The molecule has 0 radical (unpaired) electrons. The third-order valence-electron chi connectivity index (χ3n) is 4.43. The summed E-state index contributed by atoms with van der Waals surface area (Å²) in [5.41, 5.74) is 0.692. The van der Waals surface area contributed by atoms with Crippen LogP contribution in [0.2, 0.25) is 0 Å². The Balaban J connectivity index is 2.11. The van der Waals surface area contributed by atoms with E-state index in [1.165, 1.54) is 38.8 Å². The Morgan fingerprint density at radius 2 is 2.08 bits per heavy atom. The molecule has 2 rings (SSSR count). The predicted molar refractivity (Wildman–Crippen MR) is 52.1 cm³/mol. The van der Waals surface area contributed by atoms with Gasteiger partial charge in [-0.25, -0.2) is 0 Å². The first-order valence-electron chi connectivity index (χ1n) is 5.45. The van der Waals surface area contributed by atoms with E-state index in [4.69, 9.17) is 0 Å². The second-order valence-corrected chi connectivity index (χ2v) is 4.95. The van der Waals surface area contributed by atoms with Crippen molar-refractivity contribution in [2.75, 3.05) is 13.1 Å². The van der Waals surface area contributed by atoms with Crippen LogP contribution in [0.5, 0.6) is 0 Å². The van der Waals surface area contributed by atoms with Gasteiger partial charge in [0.2, 0.25) is 0 Å². The second-order valence-electron chi connectivity index (χ2n) is 4.95. The maximum atomic E-state index is 3.53. The highest BCUT2D eigenvalue weighted by Crippen LogP contribution is 2.47. The van der Waals surface area contributed by atoms with Gasteiger partial charge in [-0.15, -0.1) is 0 Å². The van der Waals surface area contributed by atoms with Crippen LogP contribution in [0.4, 0.5) is 0 Å². The summed E-state index contributed by atoms with van der Waals surface area (Å²) in [6.45, 7) is 7.45. The molecule has 1 saturated carbocycles. The second kappa shape index (κ2) is 3.02. The third kappa shape index (κ3) is 1.19. The van der Waals surface area contributed by atoms with Gasteiger partial charge in [-0.2, -0.15) is 0 Å². The SMILES string of the molecule is CC1CCCC2(CCNC2)C1C. The number of nitrogens with one attached hydrogen (secondary N) is 1. The van der Waals surface area contributed by atoms with Crippen molar-refractivity contribution >= 4 is 0 Å². The summed E-state index contributed by atoms with van der Waals surface area (Å²) < 4.78 is 0. The zero-order valence-electron chi connectivity index (χ0n) is 8.40. The Hall–Kier alpha value is -0.0400. The molecule has 1 heterocycles. The van der Waals surface area contributed by atoms with E-state index in [-0.39, 0.29) is 0 Å². The van der Waals surface area contributed by atoms with Gasteiger partial charge in [0.15, 0.2) is 0 Å². The van der Waals surface area contributed by atoms with Crippen LogP contribution < -0.4 is 5.32 Å². The van der Waals surface area contributed by atoms with Gasteiger partial charge in [0, 0.05) is 6.54 Å². The molecule has 1 spiro atoms. The van der Waals surface area contributed by atoms with Gasteiger partial charge in [-0.3, -0.25) is 0 Å². The molecule has 12 heavy (non-hydrogen) atoms. The predicted octanol–water partition coefficient (Wildman–Crippen LogP) is 2.42. The van der Waals surface area contributed by atoms with Crippen molar-refractivity contribution in [1.82, 2.24) is 5.32 Å². The highest BCUT2D eigenvalue weighted by Gasteiger charge is 2.42. The van der Waals surface area contributed by atoms with E-state index in [2.05, 4.69) is 19.2 Å². The van der Waals surface area contributed by atoms with E-state index < -0.39 is 0 Å². The summed E-state index contributed by atoms with van der Waals surface area (Å²) in [6, 6.07) is 0. The average molecular weight is 167 g/mol. The Morgan fingerprint density at radius 3 is 2.75 bits per heavy atom. The molecule has 3 unspecified atom stereocenters. The van der Waals surface area contributed by atoms with Crippen molar-refractivity contribution in [3.8, 4) is 0 Å². The molecule has 1 nitrogen and oxygen atoms in total. The fourth-order valence-corrected chi connectivity index (χ4v) is 3.22. The minimum atomic E-state index is 0.692. The fourth-order valence-electron chi connectivity index (χ4n) is 3.22. The van der Waals surface area contributed by atoms with Gasteiger partial charge in [-0.1, -0.05) is 26.7 Å². The average Bonchev–Trinajstić information content (AvgIpc) is 2.50. The lowest BCUT2D eigenvalue weighted by Crippen LogP contribution is -2.38. The smallest absolute Gasteiger partial charge is 0.00109 e. The molecular formula is C11H21N. The highest BCUT2D eigenvalue weighted by atomic mass is 14.9. The monoisotopic (exact) mass is 167 g/mol. The van der Waals surface area contributed by atoms with Crippen LogP contribution in [-0.2, 0) is 0 Å². The van der Waals surface area contributed by atoms with Crippen LogP contribution in [0.15, 0.2) is 0 Å². The molecule has 70 valence electrons. The minimum Gasteiger partial charge on any atom is -0.316 e. The quantitative estimate of drug-likeness (QED) is 0.584. The Bertz CT molecular complexity index is 158. The van der Waals surface area contributed by atoms with Crippen molar-refractivity contribution in [1.29, 1.82) is 0 Å². The van der Waals surface area contributed by atoms with E-state index in [0.717, 1.165) is 11.8 Å². The standard InChI is InChI=1S/C11H21N/c1-9-4-3-5-11(10(9)2)6-7-12-8-11/h9-10,12H,3-8H2,1-2H3. The summed E-state index contributed by atoms with van der Waals surface area (Å²) in [6.07, 6.45) is 5.83. The lowest BCUT2D eigenvalue weighted by atomic mass is 9.62. The van der Waals surface area contributed by atoms with E-state index in [1.54, 1.807) is 0 Å². The molecular weight excluding hydrogens is 146 g/mol. The van der Waals surface area contributed by atoms with E-state index in [0.29, 0.717) is 5.41 Å². The first-order chi connectivity index (χ1) is 5.75. The van der Waals surface area contributed by atoms with Crippen molar-refractivity contribution in [2.24, 2.45) is 17.3 Å². The van der Waals surface area contributed by atoms with Crippen LogP contribution in [0.25, 0.3) is 0 Å². The number of rotatable bonds is 0. The molecule has 1 N–H and O–H groups in total. The van der Waals surface area contributed by atoms with Crippen LogP contribution >= 0.6 is 0 Å². The van der Waals surface area contributed by atoms with Gasteiger partial charge in [-0.05, 0) is 36.6 Å². The topological polar surface area (TPSA) is 12.0 Å². The van der Waals surface area contributed by atoms with Crippen molar-refractivity contribution in [3.63, 3.8) is 0 Å². The first kappa shape index (κ1) is 8.55. The summed E-state index contributed by atoms with van der Waals surface area (Å²) >= 11 is 0.